The van der Waals surface area contributed by atoms with Crippen LogP contribution >= 0.6 is 0 Å². The third-order valence-electron chi connectivity index (χ3n) is 7.37. The van der Waals surface area contributed by atoms with E-state index in [1.165, 1.54) is 61.8 Å². The van der Waals surface area contributed by atoms with E-state index in [-0.39, 0.29) is 24.6 Å². The van der Waals surface area contributed by atoms with Gasteiger partial charge < -0.3 is 0 Å². The predicted molar refractivity (Wildman–Crippen MR) is 143 cm³/mol. The number of rotatable bonds is 15. The van der Waals surface area contributed by atoms with Gasteiger partial charge in [0.2, 0.25) is 0 Å². The van der Waals surface area contributed by atoms with Crippen LogP contribution in [-0.4, -0.2) is 48.8 Å². The second-order valence-electron chi connectivity index (χ2n) is 10.8. The van der Waals surface area contributed by atoms with Crippen molar-refractivity contribution in [3.8, 4) is 0 Å². The second-order valence-corrected chi connectivity index (χ2v) is 24.8. The molecule has 0 unspecified atom stereocenters. The third kappa shape index (κ3) is 8.06. The van der Waals surface area contributed by atoms with Gasteiger partial charge in [-0.3, -0.25) is 0 Å². The third-order valence-corrected chi connectivity index (χ3v) is 22.6. The van der Waals surface area contributed by atoms with Crippen molar-refractivity contribution in [2.24, 2.45) is 0 Å². The van der Waals surface area contributed by atoms with Crippen molar-refractivity contribution in [2.75, 3.05) is 0 Å². The molecule has 4 atom stereocenters. The van der Waals surface area contributed by atoms with E-state index in [0.29, 0.717) is 6.61 Å². The average Bonchev–Trinajstić information content (AvgIpc) is 3.30. The van der Waals surface area contributed by atoms with Gasteiger partial charge in [-0.25, -0.2) is 0 Å². The van der Waals surface area contributed by atoms with Gasteiger partial charge in [-0.15, -0.1) is 0 Å². The summed E-state index contributed by atoms with van der Waals surface area (Å²) in [6.45, 7) is 11.5. The Morgan fingerprint density at radius 2 is 1.53 bits per heavy atom. The Morgan fingerprint density at radius 1 is 0.912 bits per heavy atom. The molecule has 2 saturated heterocycles. The first kappa shape index (κ1) is 28.2. The number of fused-ring (bicyclic) bond motifs is 1. The Balaban J connectivity index is 1.70. The fourth-order valence-electron chi connectivity index (χ4n) is 5.40. The van der Waals surface area contributed by atoms with Gasteiger partial charge in [0.15, 0.2) is 0 Å². The van der Waals surface area contributed by atoms with Gasteiger partial charge in [0.25, 0.3) is 0 Å². The maximum atomic E-state index is 6.42. The van der Waals surface area contributed by atoms with Crippen LogP contribution in [0.4, 0.5) is 0 Å². The molecule has 0 aromatic heterocycles. The summed E-state index contributed by atoms with van der Waals surface area (Å²) < 4.78 is 30.9. The van der Waals surface area contributed by atoms with Gasteiger partial charge in [-0.2, -0.15) is 0 Å². The normalized spacial score (nSPS) is 26.4. The zero-order valence-corrected chi connectivity index (χ0v) is 25.1. The summed E-state index contributed by atoms with van der Waals surface area (Å²) in [5.74, 6) is -0.634. The van der Waals surface area contributed by atoms with Crippen molar-refractivity contribution >= 4 is 18.4 Å². The molecule has 0 bridgehead atoms. The van der Waals surface area contributed by atoms with Gasteiger partial charge in [0.1, 0.15) is 0 Å². The van der Waals surface area contributed by atoms with E-state index in [0.717, 1.165) is 0 Å². The molecule has 1 aromatic carbocycles. The number of allylic oxidation sites excluding steroid dienone is 1. The van der Waals surface area contributed by atoms with Crippen molar-refractivity contribution in [3.63, 3.8) is 0 Å². The van der Waals surface area contributed by atoms with E-state index in [1.54, 1.807) is 0 Å². The van der Waals surface area contributed by atoms with Crippen molar-refractivity contribution in [2.45, 2.75) is 128 Å². The molecule has 2 heterocycles. The molecular formula is C29H48O4Sn. The van der Waals surface area contributed by atoms with Crippen LogP contribution in [0.2, 0.25) is 17.7 Å². The predicted octanol–water partition coefficient (Wildman–Crippen LogP) is 7.85. The molecular weight excluding hydrogens is 531 g/mol. The Morgan fingerprint density at radius 3 is 2.12 bits per heavy atom. The fraction of sp³-hybridized carbons (Fsp3) is 0.724. The van der Waals surface area contributed by atoms with Crippen molar-refractivity contribution in [3.05, 3.63) is 48.0 Å². The summed E-state index contributed by atoms with van der Waals surface area (Å²) in [6.07, 6.45) is 12.1. The summed E-state index contributed by atoms with van der Waals surface area (Å²) >= 11 is -2.20. The van der Waals surface area contributed by atoms with Crippen LogP contribution in [0.5, 0.6) is 0 Å². The molecule has 192 valence electrons. The van der Waals surface area contributed by atoms with E-state index in [2.05, 4.69) is 57.2 Å². The fourth-order valence-corrected chi connectivity index (χ4v) is 20.6. The molecule has 0 spiro atoms. The molecule has 0 radical (unpaired) electrons. The van der Waals surface area contributed by atoms with Crippen LogP contribution in [0.15, 0.2) is 42.5 Å². The van der Waals surface area contributed by atoms with Gasteiger partial charge in [0.05, 0.1) is 0 Å². The Hall–Kier alpha value is -0.401. The van der Waals surface area contributed by atoms with Crippen LogP contribution in [-0.2, 0) is 25.6 Å². The van der Waals surface area contributed by atoms with E-state index in [1.807, 2.05) is 19.9 Å². The molecule has 0 amide bonds. The molecule has 0 N–H and O–H groups in total. The number of unbranched alkanes of at least 4 members (excludes halogenated alkanes) is 3. The van der Waals surface area contributed by atoms with Crippen molar-refractivity contribution in [1.82, 2.24) is 0 Å². The van der Waals surface area contributed by atoms with Gasteiger partial charge >= 0.3 is 213 Å². The van der Waals surface area contributed by atoms with Crippen LogP contribution in [0.3, 0.4) is 0 Å². The summed E-state index contributed by atoms with van der Waals surface area (Å²) in [5, 5.41) is 0. The van der Waals surface area contributed by atoms with Crippen molar-refractivity contribution in [1.29, 1.82) is 0 Å². The molecule has 4 nitrogen and oxygen atoms in total. The van der Waals surface area contributed by atoms with E-state index in [9.17, 15) is 0 Å². The summed E-state index contributed by atoms with van der Waals surface area (Å²) in [5.41, 5.74) is 1.17. The first-order valence-electron chi connectivity index (χ1n) is 13.8. The average molecular weight is 579 g/mol. The SMILES string of the molecule is CCC[CH2][Sn]([CH2]/C=C/[C@H]1O[C@@H]2OC(C)(C)O[C@@H]2[C@@H]1OCc1ccccc1)([CH2]CCC)[CH2]CCC. The molecule has 1 aromatic rings. The molecule has 0 saturated carbocycles. The molecule has 2 aliphatic heterocycles. The van der Waals surface area contributed by atoms with E-state index in [4.69, 9.17) is 18.9 Å². The molecule has 2 fully saturated rings. The molecule has 3 rings (SSSR count). The van der Waals surface area contributed by atoms with Crippen LogP contribution in [0.1, 0.15) is 78.7 Å². The molecule has 34 heavy (non-hydrogen) atoms. The monoisotopic (exact) mass is 580 g/mol. The van der Waals surface area contributed by atoms with E-state index < -0.39 is 24.2 Å². The van der Waals surface area contributed by atoms with Crippen LogP contribution < -0.4 is 0 Å². The first-order valence-corrected chi connectivity index (χ1v) is 21.8. The number of ether oxygens (including phenoxy) is 4. The summed E-state index contributed by atoms with van der Waals surface area (Å²) in [6, 6.07) is 10.3. The van der Waals surface area contributed by atoms with Gasteiger partial charge in [-0.1, -0.05) is 0 Å². The minimum absolute atomic E-state index is 0.123. The number of hydrogen-bond donors (Lipinski definition) is 0. The first-order chi connectivity index (χ1) is 16.4. The second kappa shape index (κ2) is 13.8. The Bertz CT molecular complexity index is 713. The zero-order valence-electron chi connectivity index (χ0n) is 22.3. The quantitative estimate of drug-likeness (QED) is 0.157. The topological polar surface area (TPSA) is 36.9 Å². The molecule has 2 aliphatic rings. The van der Waals surface area contributed by atoms with Crippen LogP contribution in [0.25, 0.3) is 0 Å². The number of benzene rings is 1. The van der Waals surface area contributed by atoms with Gasteiger partial charge in [0, 0.05) is 0 Å². The van der Waals surface area contributed by atoms with Crippen LogP contribution in [0, 0.1) is 0 Å². The Labute approximate surface area is 212 Å². The van der Waals surface area contributed by atoms with E-state index >= 15 is 0 Å². The summed E-state index contributed by atoms with van der Waals surface area (Å²) in [4.78, 5) is 0. The molecule has 0 aliphatic carbocycles. The Kier molecular flexibility index (Phi) is 11.4. The number of hydrogen-bond acceptors (Lipinski definition) is 4. The zero-order chi connectivity index (χ0) is 24.4. The molecule has 5 heteroatoms. The summed E-state index contributed by atoms with van der Waals surface area (Å²) in [7, 11) is 0. The minimum atomic E-state index is -2.20. The van der Waals surface area contributed by atoms with Crippen molar-refractivity contribution < 1.29 is 18.9 Å². The maximum absolute atomic E-state index is 6.42. The van der Waals surface area contributed by atoms with Gasteiger partial charge in [-0.05, 0) is 0 Å². The standard InChI is InChI=1S/C17H21O4.3C4H9.Sn/c1-4-8-13-14(18-11-12-9-6-5-7-10-12)15-16(19-13)21-17(2,3)20-15;3*1-3-4-2;/h4-10,13-16H,1,11H2,2-3H3;3*1,3-4H2,2H3;/b8-4+;;;;/t13-,14-,15-,16-;;;;/m1..../s1.